The molecule has 0 fully saturated rings. The lowest BCUT2D eigenvalue weighted by molar-refractivity contribution is 0.163. The van der Waals surface area contributed by atoms with E-state index in [1.54, 1.807) is 11.7 Å². The number of carbonyl (C=O) groups excluding carboxylic acids is 1. The molecule has 2 aromatic rings. The molecule has 4 heteroatoms. The lowest BCUT2D eigenvalue weighted by Crippen LogP contribution is -2.24. The summed E-state index contributed by atoms with van der Waals surface area (Å²) in [7, 11) is 0. The Morgan fingerprint density at radius 3 is 2.85 bits per heavy atom. The molecule has 0 aliphatic carbocycles. The molecule has 0 aliphatic rings. The number of rotatable bonds is 0. The van der Waals surface area contributed by atoms with E-state index in [9.17, 15) is 4.79 Å². The van der Waals surface area contributed by atoms with Crippen molar-refractivity contribution < 1.29 is 10.0 Å². The third-order valence-electron chi connectivity index (χ3n) is 1.91. The number of aromatic nitrogens is 1. The van der Waals surface area contributed by atoms with Crippen molar-refractivity contribution in [3.8, 4) is 0 Å². The minimum absolute atomic E-state index is 0.554. The highest BCUT2D eigenvalue weighted by atomic mass is 16.5. The van der Waals surface area contributed by atoms with Crippen LogP contribution >= 0.6 is 0 Å². The summed E-state index contributed by atoms with van der Waals surface area (Å²) in [5.74, 6) is 0. The fourth-order valence-corrected chi connectivity index (χ4v) is 1.31. The fraction of sp³-hybridized carbons (Fsp3) is 0. The Balaban J connectivity index is 2.64. The molecule has 2 rings (SSSR count). The van der Waals surface area contributed by atoms with E-state index >= 15 is 0 Å². The van der Waals surface area contributed by atoms with Crippen LogP contribution in [0.15, 0.2) is 36.5 Å². The molecule has 0 unspecified atom stereocenters. The Morgan fingerprint density at radius 1 is 1.31 bits per heavy atom. The van der Waals surface area contributed by atoms with E-state index in [4.69, 9.17) is 5.21 Å². The smallest absolute Gasteiger partial charge is 0.287 e. The summed E-state index contributed by atoms with van der Waals surface area (Å²) in [6.45, 7) is 0. The molecule has 0 atom stereocenters. The molecule has 1 aromatic heterocycles. The highest BCUT2D eigenvalue weighted by molar-refractivity contribution is 5.91. The van der Waals surface area contributed by atoms with E-state index in [0.717, 1.165) is 10.9 Å². The predicted octanol–water partition coefficient (Wildman–Crippen LogP) is 1.59. The predicted molar refractivity (Wildman–Crippen MR) is 47.7 cm³/mol. The minimum atomic E-state index is -0.554. The van der Waals surface area contributed by atoms with Gasteiger partial charge in [0.1, 0.15) is 0 Å². The Hall–Kier alpha value is -1.81. The molecule has 0 spiro atoms. The van der Waals surface area contributed by atoms with Crippen LogP contribution in [0.2, 0.25) is 0 Å². The van der Waals surface area contributed by atoms with Crippen molar-refractivity contribution in [1.82, 2.24) is 10.0 Å². The summed E-state index contributed by atoms with van der Waals surface area (Å²) in [6, 6.07) is 8.69. The lowest BCUT2D eigenvalue weighted by atomic mass is 10.2. The first-order valence-corrected chi connectivity index (χ1v) is 3.83. The molecule has 1 amide bonds. The topological polar surface area (TPSA) is 54.3 Å². The summed E-state index contributed by atoms with van der Waals surface area (Å²) in [6.07, 6.45) is 1.61. The van der Waals surface area contributed by atoms with Crippen molar-refractivity contribution in [2.45, 2.75) is 0 Å². The molecule has 0 radical (unpaired) electrons. The first kappa shape index (κ1) is 7.82. The summed E-state index contributed by atoms with van der Waals surface area (Å²) >= 11 is 0. The van der Waals surface area contributed by atoms with E-state index in [-0.39, 0.29) is 0 Å². The molecule has 4 nitrogen and oxygen atoms in total. The summed E-state index contributed by atoms with van der Waals surface area (Å²) in [5, 5.41) is 9.41. The second kappa shape index (κ2) is 2.91. The Morgan fingerprint density at radius 2 is 2.08 bits per heavy atom. The van der Waals surface area contributed by atoms with Gasteiger partial charge in [-0.3, -0.25) is 9.77 Å². The molecule has 0 aliphatic heterocycles. The first-order valence-electron chi connectivity index (χ1n) is 3.83. The van der Waals surface area contributed by atoms with Crippen LogP contribution in [-0.2, 0) is 0 Å². The minimum Gasteiger partial charge on any atom is -0.287 e. The standard InChI is InChI=1S/C9H8N2O2/c12-9(10-13)11-6-5-7-3-1-2-4-8(7)11/h1-6,13H,(H,10,12). The van der Waals surface area contributed by atoms with Gasteiger partial charge in [-0.2, -0.15) is 0 Å². The van der Waals surface area contributed by atoms with E-state index < -0.39 is 6.03 Å². The Labute approximate surface area is 74.4 Å². The van der Waals surface area contributed by atoms with Crippen LogP contribution in [0.4, 0.5) is 4.79 Å². The van der Waals surface area contributed by atoms with Gasteiger partial charge in [-0.05, 0) is 12.1 Å². The van der Waals surface area contributed by atoms with Crippen LogP contribution in [0.1, 0.15) is 0 Å². The highest BCUT2D eigenvalue weighted by Crippen LogP contribution is 2.14. The van der Waals surface area contributed by atoms with Gasteiger partial charge in [0.15, 0.2) is 0 Å². The zero-order valence-corrected chi connectivity index (χ0v) is 6.77. The number of benzene rings is 1. The number of hydroxylamine groups is 1. The fourth-order valence-electron chi connectivity index (χ4n) is 1.31. The molecule has 1 heterocycles. The van der Waals surface area contributed by atoms with E-state index in [0.29, 0.717) is 0 Å². The van der Waals surface area contributed by atoms with Crippen LogP contribution in [0.5, 0.6) is 0 Å². The van der Waals surface area contributed by atoms with Gasteiger partial charge in [0.2, 0.25) is 0 Å². The van der Waals surface area contributed by atoms with Gasteiger partial charge in [0, 0.05) is 11.6 Å². The molecule has 1 aromatic carbocycles. The van der Waals surface area contributed by atoms with Gasteiger partial charge in [0.05, 0.1) is 5.52 Å². The average molecular weight is 176 g/mol. The maximum atomic E-state index is 11.1. The van der Waals surface area contributed by atoms with Crippen molar-refractivity contribution in [3.63, 3.8) is 0 Å². The Kier molecular flexibility index (Phi) is 1.75. The summed E-state index contributed by atoms with van der Waals surface area (Å²) < 4.78 is 1.34. The van der Waals surface area contributed by atoms with E-state index in [2.05, 4.69) is 0 Å². The number of nitrogens with zero attached hydrogens (tertiary/aromatic N) is 1. The molecular weight excluding hydrogens is 168 g/mol. The van der Waals surface area contributed by atoms with Crippen molar-refractivity contribution in [2.75, 3.05) is 0 Å². The lowest BCUT2D eigenvalue weighted by Gasteiger charge is -2.00. The largest absolute Gasteiger partial charge is 0.349 e. The third-order valence-corrected chi connectivity index (χ3v) is 1.91. The number of fused-ring (bicyclic) bond motifs is 1. The van der Waals surface area contributed by atoms with Crippen LogP contribution in [0.25, 0.3) is 10.9 Å². The summed E-state index contributed by atoms with van der Waals surface area (Å²) in [5.41, 5.74) is 2.36. The first-order chi connectivity index (χ1) is 6.33. The SMILES string of the molecule is O=C(NO)n1ccc2ccccc21. The summed E-state index contributed by atoms with van der Waals surface area (Å²) in [4.78, 5) is 11.1. The molecule has 2 N–H and O–H groups in total. The van der Waals surface area contributed by atoms with E-state index in [1.807, 2.05) is 30.3 Å². The van der Waals surface area contributed by atoms with Crippen molar-refractivity contribution in [3.05, 3.63) is 36.5 Å². The number of amides is 1. The second-order valence-electron chi connectivity index (χ2n) is 2.66. The van der Waals surface area contributed by atoms with Crippen LogP contribution in [0, 0.1) is 0 Å². The zero-order chi connectivity index (χ0) is 9.26. The Bertz CT molecular complexity index is 448. The third kappa shape index (κ3) is 1.17. The molecule has 66 valence electrons. The number of para-hydroxylation sites is 1. The van der Waals surface area contributed by atoms with Gasteiger partial charge >= 0.3 is 6.03 Å². The molecule has 0 bridgehead atoms. The molecular formula is C9H8N2O2. The molecule has 0 saturated carbocycles. The monoisotopic (exact) mass is 176 g/mol. The van der Waals surface area contributed by atoms with Crippen LogP contribution < -0.4 is 5.48 Å². The number of carbonyl (C=O) groups is 1. The van der Waals surface area contributed by atoms with Gasteiger partial charge in [-0.25, -0.2) is 10.3 Å². The highest BCUT2D eigenvalue weighted by Gasteiger charge is 2.05. The number of hydrogen-bond donors (Lipinski definition) is 2. The second-order valence-corrected chi connectivity index (χ2v) is 2.66. The maximum Gasteiger partial charge on any atom is 0.349 e. The van der Waals surface area contributed by atoms with Crippen molar-refractivity contribution in [2.24, 2.45) is 0 Å². The number of nitrogens with one attached hydrogen (secondary N) is 1. The molecule has 13 heavy (non-hydrogen) atoms. The van der Waals surface area contributed by atoms with Crippen molar-refractivity contribution in [1.29, 1.82) is 0 Å². The normalized spacial score (nSPS) is 10.2. The van der Waals surface area contributed by atoms with Crippen LogP contribution in [0.3, 0.4) is 0 Å². The number of hydrogen-bond acceptors (Lipinski definition) is 2. The average Bonchev–Trinajstić information content (AvgIpc) is 2.60. The zero-order valence-electron chi connectivity index (χ0n) is 6.77. The van der Waals surface area contributed by atoms with Crippen molar-refractivity contribution >= 4 is 16.9 Å². The van der Waals surface area contributed by atoms with Gasteiger partial charge < -0.3 is 0 Å². The van der Waals surface area contributed by atoms with Crippen LogP contribution in [-0.4, -0.2) is 15.8 Å². The van der Waals surface area contributed by atoms with Gasteiger partial charge in [-0.15, -0.1) is 0 Å². The molecule has 0 saturated heterocycles. The maximum absolute atomic E-state index is 11.1. The van der Waals surface area contributed by atoms with Gasteiger partial charge in [-0.1, -0.05) is 18.2 Å². The van der Waals surface area contributed by atoms with Gasteiger partial charge in [0.25, 0.3) is 0 Å². The quantitative estimate of drug-likeness (QED) is 0.473. The van der Waals surface area contributed by atoms with E-state index in [1.165, 1.54) is 4.57 Å².